The zero-order valence-electron chi connectivity index (χ0n) is 18.1. The molecule has 0 aromatic heterocycles. The number of hydrogen-bond donors (Lipinski definition) is 0. The lowest BCUT2D eigenvalue weighted by Crippen LogP contribution is -2.17. The molecule has 30 heavy (non-hydrogen) atoms. The second-order valence-electron chi connectivity index (χ2n) is 9.21. The summed E-state index contributed by atoms with van der Waals surface area (Å²) in [6, 6.07) is 3.75. The van der Waals surface area contributed by atoms with Crippen molar-refractivity contribution in [2.75, 3.05) is 0 Å². The molecule has 3 heteroatoms. The van der Waals surface area contributed by atoms with E-state index >= 15 is 0 Å². The van der Waals surface area contributed by atoms with Crippen molar-refractivity contribution in [3.63, 3.8) is 0 Å². The zero-order chi connectivity index (χ0) is 21.3. The predicted octanol–water partition coefficient (Wildman–Crippen LogP) is 7.55. The van der Waals surface area contributed by atoms with E-state index in [1.165, 1.54) is 76.7 Å². The van der Waals surface area contributed by atoms with Crippen LogP contribution >= 0.6 is 0 Å². The Balaban J connectivity index is 1.39. The first kappa shape index (κ1) is 22.6. The summed E-state index contributed by atoms with van der Waals surface area (Å²) in [6.07, 6.45) is 19.0. The van der Waals surface area contributed by atoms with Gasteiger partial charge in [-0.15, -0.1) is 0 Å². The monoisotopic (exact) mass is 409 g/mol. The number of halogens is 2. The first-order chi connectivity index (χ1) is 14.6. The third-order valence-electron chi connectivity index (χ3n) is 7.24. The van der Waals surface area contributed by atoms with Crippen LogP contribution in [0.1, 0.15) is 88.7 Å². The normalized spacial score (nSPS) is 26.7. The molecule has 1 aromatic rings. The minimum absolute atomic E-state index is 0.255. The first-order valence-electron chi connectivity index (χ1n) is 11.7. The molecule has 160 valence electrons. The van der Waals surface area contributed by atoms with Crippen LogP contribution in [0.15, 0.2) is 24.3 Å². The van der Waals surface area contributed by atoms with E-state index in [4.69, 9.17) is 5.26 Å². The molecule has 0 heterocycles. The second-order valence-corrected chi connectivity index (χ2v) is 9.21. The Morgan fingerprint density at radius 1 is 0.900 bits per heavy atom. The SMILES string of the molecule is CCC1CCC(CCC2CCC(C=CC#Cc3cc(F)c(C#N)c(F)c3)CC2)CC1. The highest BCUT2D eigenvalue weighted by atomic mass is 19.1. The molecule has 2 saturated carbocycles. The van der Waals surface area contributed by atoms with E-state index in [-0.39, 0.29) is 5.56 Å². The summed E-state index contributed by atoms with van der Waals surface area (Å²) in [5.74, 6) is 7.33. The van der Waals surface area contributed by atoms with Crippen LogP contribution in [0.3, 0.4) is 0 Å². The molecule has 1 aromatic carbocycles. The topological polar surface area (TPSA) is 23.8 Å². The number of rotatable bonds is 5. The van der Waals surface area contributed by atoms with Gasteiger partial charge in [-0.1, -0.05) is 69.8 Å². The molecule has 0 N–H and O–H groups in total. The van der Waals surface area contributed by atoms with Crippen molar-refractivity contribution in [1.29, 1.82) is 5.26 Å². The quantitative estimate of drug-likeness (QED) is 0.461. The highest BCUT2D eigenvalue weighted by Crippen LogP contribution is 2.37. The summed E-state index contributed by atoms with van der Waals surface area (Å²) in [5, 5.41) is 8.71. The van der Waals surface area contributed by atoms with Crippen LogP contribution in [-0.2, 0) is 0 Å². The Morgan fingerprint density at radius 2 is 1.43 bits per heavy atom. The van der Waals surface area contributed by atoms with Gasteiger partial charge in [0, 0.05) is 5.56 Å². The fraction of sp³-hybridized carbons (Fsp3) is 0.593. The Hall–Kier alpha value is -2.13. The van der Waals surface area contributed by atoms with Crippen LogP contribution < -0.4 is 0 Å². The number of benzene rings is 1. The largest absolute Gasteiger partial charge is 0.205 e. The molecule has 1 nitrogen and oxygen atoms in total. The summed E-state index contributed by atoms with van der Waals surface area (Å²) in [6.45, 7) is 2.33. The molecule has 2 aliphatic carbocycles. The van der Waals surface area contributed by atoms with E-state index in [1.54, 1.807) is 0 Å². The molecule has 0 atom stereocenters. The van der Waals surface area contributed by atoms with Gasteiger partial charge in [0.2, 0.25) is 0 Å². The van der Waals surface area contributed by atoms with E-state index in [2.05, 4.69) is 24.8 Å². The van der Waals surface area contributed by atoms with Gasteiger partial charge in [0.1, 0.15) is 23.3 Å². The highest BCUT2D eigenvalue weighted by Gasteiger charge is 2.23. The van der Waals surface area contributed by atoms with E-state index in [9.17, 15) is 8.78 Å². The van der Waals surface area contributed by atoms with Gasteiger partial charge in [-0.2, -0.15) is 5.26 Å². The maximum Gasteiger partial charge on any atom is 0.145 e. The van der Waals surface area contributed by atoms with E-state index in [1.807, 2.05) is 6.08 Å². The summed E-state index contributed by atoms with van der Waals surface area (Å²) in [5.41, 5.74) is -0.299. The Kier molecular flexibility index (Phi) is 8.50. The van der Waals surface area contributed by atoms with Gasteiger partial charge in [0.15, 0.2) is 0 Å². The fourth-order valence-electron chi connectivity index (χ4n) is 5.13. The third-order valence-corrected chi connectivity index (χ3v) is 7.24. The summed E-state index contributed by atoms with van der Waals surface area (Å²) >= 11 is 0. The molecule has 2 aliphatic rings. The molecule has 0 radical (unpaired) electrons. The third kappa shape index (κ3) is 6.43. The van der Waals surface area contributed by atoms with Crippen LogP contribution in [0.25, 0.3) is 0 Å². The summed E-state index contributed by atoms with van der Waals surface area (Å²) in [7, 11) is 0. The Morgan fingerprint density at radius 3 is 1.97 bits per heavy atom. The van der Waals surface area contributed by atoms with Gasteiger partial charge in [-0.3, -0.25) is 0 Å². The lowest BCUT2D eigenvalue weighted by atomic mass is 9.75. The maximum absolute atomic E-state index is 13.6. The molecule has 0 spiro atoms. The van der Waals surface area contributed by atoms with Gasteiger partial charge in [0.05, 0.1) is 0 Å². The van der Waals surface area contributed by atoms with Gasteiger partial charge in [-0.05, 0) is 67.6 Å². The average molecular weight is 410 g/mol. The number of nitrogens with zero attached hydrogens (tertiary/aromatic N) is 1. The van der Waals surface area contributed by atoms with Crippen LogP contribution in [0.2, 0.25) is 0 Å². The Bertz CT molecular complexity index is 800. The number of allylic oxidation sites excluding steroid dienone is 2. The van der Waals surface area contributed by atoms with Gasteiger partial charge < -0.3 is 0 Å². The lowest BCUT2D eigenvalue weighted by molar-refractivity contribution is 0.224. The molecule has 0 bridgehead atoms. The fourth-order valence-corrected chi connectivity index (χ4v) is 5.13. The van der Waals surface area contributed by atoms with Crippen molar-refractivity contribution in [1.82, 2.24) is 0 Å². The lowest BCUT2D eigenvalue weighted by Gasteiger charge is -2.31. The molecule has 0 aliphatic heterocycles. The minimum Gasteiger partial charge on any atom is -0.205 e. The van der Waals surface area contributed by atoms with Crippen LogP contribution in [0.4, 0.5) is 8.78 Å². The summed E-state index contributed by atoms with van der Waals surface area (Å²) in [4.78, 5) is 0. The smallest absolute Gasteiger partial charge is 0.145 e. The Labute approximate surface area is 180 Å². The van der Waals surface area contributed by atoms with E-state index in [0.717, 1.165) is 29.9 Å². The van der Waals surface area contributed by atoms with Crippen LogP contribution in [-0.4, -0.2) is 0 Å². The highest BCUT2D eigenvalue weighted by molar-refractivity contribution is 5.43. The maximum atomic E-state index is 13.6. The molecule has 3 rings (SSSR count). The van der Waals surface area contributed by atoms with Crippen LogP contribution in [0, 0.1) is 58.5 Å². The zero-order valence-corrected chi connectivity index (χ0v) is 18.1. The molecule has 0 amide bonds. The van der Waals surface area contributed by atoms with E-state index in [0.29, 0.717) is 5.92 Å². The van der Waals surface area contributed by atoms with Gasteiger partial charge >= 0.3 is 0 Å². The van der Waals surface area contributed by atoms with Crippen molar-refractivity contribution < 1.29 is 8.78 Å². The number of hydrogen-bond acceptors (Lipinski definition) is 1. The number of nitriles is 1. The molecule has 2 fully saturated rings. The minimum atomic E-state index is -0.859. The first-order valence-corrected chi connectivity index (χ1v) is 11.7. The molecular formula is C27H33F2N. The van der Waals surface area contributed by atoms with Gasteiger partial charge in [0.25, 0.3) is 0 Å². The van der Waals surface area contributed by atoms with Gasteiger partial charge in [-0.25, -0.2) is 8.78 Å². The second kappa shape index (κ2) is 11.3. The van der Waals surface area contributed by atoms with Crippen molar-refractivity contribution in [3.8, 4) is 17.9 Å². The molecule has 0 unspecified atom stereocenters. The molecule has 0 saturated heterocycles. The predicted molar refractivity (Wildman–Crippen MR) is 118 cm³/mol. The van der Waals surface area contributed by atoms with Crippen molar-refractivity contribution in [2.45, 2.75) is 77.6 Å². The molecular weight excluding hydrogens is 376 g/mol. The summed E-state index contributed by atoms with van der Waals surface area (Å²) < 4.78 is 27.2. The van der Waals surface area contributed by atoms with Crippen molar-refractivity contribution in [2.24, 2.45) is 23.7 Å². The van der Waals surface area contributed by atoms with Crippen molar-refractivity contribution >= 4 is 0 Å². The van der Waals surface area contributed by atoms with E-state index < -0.39 is 17.2 Å². The van der Waals surface area contributed by atoms with Crippen LogP contribution in [0.5, 0.6) is 0 Å². The van der Waals surface area contributed by atoms with Crippen molar-refractivity contribution in [3.05, 3.63) is 47.0 Å². The average Bonchev–Trinajstić information content (AvgIpc) is 2.76. The standard InChI is InChI=1S/C27H33F2N/c1-2-20-7-9-22(10-8-20)15-16-23-13-11-21(12-14-23)5-3-4-6-24-17-26(28)25(19-30)27(29)18-24/h3,5,17-18,20-23H,2,7-16H2,1H3.